The van der Waals surface area contributed by atoms with Crippen LogP contribution in [0.4, 0.5) is 0 Å². The molecule has 122 valence electrons. The van der Waals surface area contributed by atoms with Crippen molar-refractivity contribution in [1.82, 2.24) is 9.97 Å². The number of carbonyl (C=O) groups is 2. The Morgan fingerprint density at radius 2 is 2.12 bits per heavy atom. The lowest BCUT2D eigenvalue weighted by Crippen LogP contribution is -2.07. The van der Waals surface area contributed by atoms with E-state index < -0.39 is 11.9 Å². The number of rotatable bonds is 4. The SMILES string of the molecule is CCOC(=O)/C=C/c1ccc2[nH]c(=O)c3[nH]cc(C(=O)O)c3c2c1. The van der Waals surface area contributed by atoms with E-state index in [4.69, 9.17) is 4.74 Å². The zero-order chi connectivity index (χ0) is 17.3. The number of fused-ring (bicyclic) bond motifs is 3. The van der Waals surface area contributed by atoms with Gasteiger partial charge in [0.1, 0.15) is 5.52 Å². The van der Waals surface area contributed by atoms with Crippen molar-refractivity contribution < 1.29 is 19.4 Å². The number of hydrogen-bond acceptors (Lipinski definition) is 4. The molecular weight excluding hydrogens is 312 g/mol. The van der Waals surface area contributed by atoms with E-state index in [1.54, 1.807) is 31.2 Å². The Morgan fingerprint density at radius 3 is 2.83 bits per heavy atom. The van der Waals surface area contributed by atoms with Gasteiger partial charge in [-0.3, -0.25) is 4.79 Å². The van der Waals surface area contributed by atoms with Gasteiger partial charge < -0.3 is 19.8 Å². The summed E-state index contributed by atoms with van der Waals surface area (Å²) in [5, 5.41) is 10.2. The largest absolute Gasteiger partial charge is 0.478 e. The average Bonchev–Trinajstić information content (AvgIpc) is 3.00. The maximum absolute atomic E-state index is 12.0. The van der Waals surface area contributed by atoms with Crippen molar-refractivity contribution in [2.24, 2.45) is 0 Å². The molecule has 0 unspecified atom stereocenters. The van der Waals surface area contributed by atoms with Gasteiger partial charge in [-0.25, -0.2) is 9.59 Å². The maximum Gasteiger partial charge on any atom is 0.337 e. The number of aromatic nitrogens is 2. The summed E-state index contributed by atoms with van der Waals surface area (Å²) in [5.74, 6) is -1.59. The van der Waals surface area contributed by atoms with Gasteiger partial charge in [-0.15, -0.1) is 0 Å². The molecule has 2 aromatic heterocycles. The standard InChI is InChI=1S/C17H14N2O5/c1-2-24-13(20)6-4-9-3-5-12-10(7-9)14-11(17(22)23)8-18-15(14)16(21)19-12/h3-8,18H,2H2,1H3,(H,19,21)(H,22,23)/b6-4+. The van der Waals surface area contributed by atoms with Gasteiger partial charge in [0.05, 0.1) is 12.2 Å². The van der Waals surface area contributed by atoms with E-state index in [1.807, 2.05) is 0 Å². The molecule has 24 heavy (non-hydrogen) atoms. The molecule has 3 N–H and O–H groups in total. The minimum Gasteiger partial charge on any atom is -0.478 e. The minimum atomic E-state index is -1.12. The summed E-state index contributed by atoms with van der Waals surface area (Å²) >= 11 is 0. The summed E-state index contributed by atoms with van der Waals surface area (Å²) < 4.78 is 4.82. The number of H-pyrrole nitrogens is 2. The lowest BCUT2D eigenvalue weighted by molar-refractivity contribution is -0.137. The number of carboxylic acid groups (broad SMARTS) is 1. The number of hydrogen-bond donors (Lipinski definition) is 3. The maximum atomic E-state index is 12.0. The van der Waals surface area contributed by atoms with Crippen LogP contribution < -0.4 is 5.56 Å². The number of aromatic carboxylic acids is 1. The quantitative estimate of drug-likeness (QED) is 0.503. The van der Waals surface area contributed by atoms with E-state index in [0.29, 0.717) is 21.9 Å². The molecule has 0 amide bonds. The highest BCUT2D eigenvalue weighted by Crippen LogP contribution is 2.26. The van der Waals surface area contributed by atoms with Gasteiger partial charge in [0.15, 0.2) is 0 Å². The van der Waals surface area contributed by atoms with Crippen LogP contribution in [-0.2, 0) is 9.53 Å². The highest BCUT2D eigenvalue weighted by atomic mass is 16.5. The van der Waals surface area contributed by atoms with Gasteiger partial charge in [0.25, 0.3) is 5.56 Å². The molecule has 0 aliphatic heterocycles. The molecule has 7 nitrogen and oxygen atoms in total. The molecule has 0 atom stereocenters. The van der Waals surface area contributed by atoms with Crippen molar-refractivity contribution in [2.75, 3.05) is 6.61 Å². The molecule has 0 aliphatic rings. The van der Waals surface area contributed by atoms with Crippen LogP contribution in [0, 0.1) is 0 Å². The number of ether oxygens (including phenoxy) is 1. The number of pyridine rings is 1. The Balaban J connectivity index is 2.21. The molecule has 0 aliphatic carbocycles. The predicted molar refractivity (Wildman–Crippen MR) is 89.1 cm³/mol. The zero-order valence-corrected chi connectivity index (χ0v) is 12.8. The van der Waals surface area contributed by atoms with Crippen LogP contribution in [0.5, 0.6) is 0 Å². The lowest BCUT2D eigenvalue weighted by Gasteiger charge is -2.03. The average molecular weight is 326 g/mol. The van der Waals surface area contributed by atoms with E-state index >= 15 is 0 Å². The number of carbonyl (C=O) groups excluding carboxylic acids is 1. The van der Waals surface area contributed by atoms with Gasteiger partial charge in [-0.05, 0) is 30.7 Å². The monoisotopic (exact) mass is 326 g/mol. The van der Waals surface area contributed by atoms with Crippen molar-refractivity contribution in [2.45, 2.75) is 6.92 Å². The highest BCUT2D eigenvalue weighted by Gasteiger charge is 2.16. The Labute approximate surface area is 135 Å². The summed E-state index contributed by atoms with van der Waals surface area (Å²) in [4.78, 5) is 40.2. The van der Waals surface area contributed by atoms with Gasteiger partial charge in [0, 0.05) is 28.6 Å². The zero-order valence-electron chi connectivity index (χ0n) is 12.8. The fourth-order valence-electron chi connectivity index (χ4n) is 2.57. The molecule has 2 heterocycles. The number of esters is 1. The number of carboxylic acids is 1. The predicted octanol–water partition coefficient (Wildman–Crippen LogP) is 2.28. The van der Waals surface area contributed by atoms with Crippen LogP contribution in [0.1, 0.15) is 22.8 Å². The molecule has 0 bridgehead atoms. The Bertz CT molecular complexity index is 1040. The molecule has 0 radical (unpaired) electrons. The highest BCUT2D eigenvalue weighted by molar-refractivity contribution is 6.14. The van der Waals surface area contributed by atoms with Gasteiger partial charge in [-0.2, -0.15) is 0 Å². The molecular formula is C17H14N2O5. The van der Waals surface area contributed by atoms with E-state index in [9.17, 15) is 19.5 Å². The second-order valence-electron chi connectivity index (χ2n) is 5.10. The molecule has 0 saturated carbocycles. The third-order valence-corrected chi connectivity index (χ3v) is 3.60. The van der Waals surface area contributed by atoms with Crippen LogP contribution >= 0.6 is 0 Å². The third-order valence-electron chi connectivity index (χ3n) is 3.60. The first-order chi connectivity index (χ1) is 11.5. The molecule has 7 heteroatoms. The van der Waals surface area contributed by atoms with Gasteiger partial charge in [0.2, 0.25) is 0 Å². The second kappa shape index (κ2) is 6.04. The normalized spacial score (nSPS) is 11.4. The van der Waals surface area contributed by atoms with Crippen LogP contribution in [-0.4, -0.2) is 33.6 Å². The summed E-state index contributed by atoms with van der Waals surface area (Å²) in [6, 6.07) is 5.09. The third kappa shape index (κ3) is 2.67. The number of benzene rings is 1. The first-order valence-electron chi connectivity index (χ1n) is 7.26. The fourth-order valence-corrected chi connectivity index (χ4v) is 2.57. The van der Waals surface area contributed by atoms with E-state index in [2.05, 4.69) is 9.97 Å². The minimum absolute atomic E-state index is 0.0209. The Morgan fingerprint density at radius 1 is 1.33 bits per heavy atom. The molecule has 0 saturated heterocycles. The number of nitrogens with one attached hydrogen (secondary N) is 2. The van der Waals surface area contributed by atoms with E-state index in [1.165, 1.54) is 12.3 Å². The first-order valence-corrected chi connectivity index (χ1v) is 7.26. The summed E-state index contributed by atoms with van der Waals surface area (Å²) in [6.07, 6.45) is 4.16. The van der Waals surface area contributed by atoms with Crippen molar-refractivity contribution in [3.8, 4) is 0 Å². The smallest absolute Gasteiger partial charge is 0.337 e. The van der Waals surface area contributed by atoms with Crippen LogP contribution in [0.3, 0.4) is 0 Å². The van der Waals surface area contributed by atoms with Crippen molar-refractivity contribution in [1.29, 1.82) is 0 Å². The molecule has 3 rings (SSSR count). The van der Waals surface area contributed by atoms with Crippen LogP contribution in [0.15, 0.2) is 35.3 Å². The second-order valence-corrected chi connectivity index (χ2v) is 5.10. The molecule has 0 fully saturated rings. The van der Waals surface area contributed by atoms with Crippen LogP contribution in [0.25, 0.3) is 27.9 Å². The fraction of sp³-hybridized carbons (Fsp3) is 0.118. The lowest BCUT2D eigenvalue weighted by atomic mass is 10.0. The van der Waals surface area contributed by atoms with Crippen molar-refractivity contribution >= 4 is 39.8 Å². The first kappa shape index (κ1) is 15.5. The molecule has 3 aromatic rings. The van der Waals surface area contributed by atoms with Crippen molar-refractivity contribution in [3.63, 3.8) is 0 Å². The van der Waals surface area contributed by atoms with Gasteiger partial charge in [-0.1, -0.05) is 6.07 Å². The molecule has 0 spiro atoms. The Hall–Kier alpha value is -3.35. The van der Waals surface area contributed by atoms with Crippen molar-refractivity contribution in [3.05, 3.63) is 52.0 Å². The van der Waals surface area contributed by atoms with E-state index in [0.717, 1.165) is 0 Å². The topological polar surface area (TPSA) is 112 Å². The van der Waals surface area contributed by atoms with Gasteiger partial charge >= 0.3 is 11.9 Å². The number of aromatic amines is 2. The molecule has 1 aromatic carbocycles. The summed E-state index contributed by atoms with van der Waals surface area (Å²) in [6.45, 7) is 2.00. The van der Waals surface area contributed by atoms with E-state index in [-0.39, 0.29) is 23.2 Å². The summed E-state index contributed by atoms with van der Waals surface area (Å²) in [7, 11) is 0. The summed E-state index contributed by atoms with van der Waals surface area (Å²) in [5.41, 5.74) is 1.03. The Kier molecular flexibility index (Phi) is 3.91. The van der Waals surface area contributed by atoms with Crippen LogP contribution in [0.2, 0.25) is 0 Å².